The van der Waals surface area contributed by atoms with Gasteiger partial charge in [-0.05, 0) is 61.0 Å². The number of rotatable bonds is 13. The molecule has 1 aromatic heterocycles. The van der Waals surface area contributed by atoms with Gasteiger partial charge in [-0.15, -0.1) is 5.10 Å². The first kappa shape index (κ1) is 36.8. The van der Waals surface area contributed by atoms with Crippen LogP contribution >= 0.6 is 0 Å². The molecule has 0 aliphatic carbocycles. The van der Waals surface area contributed by atoms with Crippen LogP contribution in [0.15, 0.2) is 109 Å². The molecule has 14 heteroatoms. The SMILES string of the molecule is C[C@H]1[C@H]([Si](C)(C)F)[C@@H](CCn2cc(C(CO)c3ccccc3)nn2)O[C@]12C(=O)N(Cc1cccc(N(C=O)c3ccccc3)c1)c1ccc([N+](=O)[O-])cc12. The van der Waals surface area contributed by atoms with Gasteiger partial charge in [-0.25, -0.2) is 0 Å². The van der Waals surface area contributed by atoms with Gasteiger partial charge < -0.3 is 18.9 Å². The molecule has 0 radical (unpaired) electrons. The number of aromatic nitrogens is 3. The van der Waals surface area contributed by atoms with Crippen molar-refractivity contribution >= 4 is 43.5 Å². The quantitative estimate of drug-likeness (QED) is 0.0445. The Kier molecular flexibility index (Phi) is 10.0. The molecule has 2 aliphatic rings. The molecule has 3 heterocycles. The van der Waals surface area contributed by atoms with Crippen LogP contribution < -0.4 is 9.80 Å². The van der Waals surface area contributed by atoms with Crippen LogP contribution in [0.5, 0.6) is 0 Å². The Labute approximate surface area is 313 Å². The number of non-ortho nitro benzene ring substituents is 1. The highest BCUT2D eigenvalue weighted by Crippen LogP contribution is 2.60. The lowest BCUT2D eigenvalue weighted by molar-refractivity contribution is -0.385. The van der Waals surface area contributed by atoms with Crippen molar-refractivity contribution < 1.29 is 28.5 Å². The topological polar surface area (TPSA) is 144 Å². The summed E-state index contributed by atoms with van der Waals surface area (Å²) in [5.41, 5.74) is 1.75. The molecule has 1 N–H and O–H groups in total. The van der Waals surface area contributed by atoms with Crippen molar-refractivity contribution in [2.75, 3.05) is 16.4 Å². The van der Waals surface area contributed by atoms with E-state index in [-0.39, 0.29) is 24.8 Å². The lowest BCUT2D eigenvalue weighted by Crippen LogP contribution is -2.45. The number of anilines is 3. The number of hydrogen-bond acceptors (Lipinski definition) is 8. The number of para-hydroxylation sites is 1. The highest BCUT2D eigenvalue weighted by molar-refractivity contribution is 6.72. The van der Waals surface area contributed by atoms with Gasteiger partial charge in [0.2, 0.25) is 14.8 Å². The summed E-state index contributed by atoms with van der Waals surface area (Å²) in [6.07, 6.45) is 2.07. The Morgan fingerprint density at radius 1 is 1.04 bits per heavy atom. The van der Waals surface area contributed by atoms with Gasteiger partial charge in [0.25, 0.3) is 11.6 Å². The minimum atomic E-state index is -3.53. The summed E-state index contributed by atoms with van der Waals surface area (Å²) in [4.78, 5) is 41.7. The van der Waals surface area contributed by atoms with E-state index in [9.17, 15) is 24.8 Å². The van der Waals surface area contributed by atoms with Gasteiger partial charge in [-0.1, -0.05) is 72.8 Å². The standard InChI is InChI=1S/C40H41FN6O6Si/c1-27-38(54(2,3)41)37(19-20-44-24-35(42-43-44)33(25-48)29-12-6-4-7-13-29)53-40(27)34-22-32(47(51)52)17-18-36(34)45(39(40)50)23-28-11-10-16-31(21-28)46(26-49)30-14-8-5-9-15-30/h4-18,21-22,24,26-27,33,37-38,48H,19-20,23,25H2,1-3H3/t27-,33?,37+,38-,40+/m0/s1. The number of nitrogens with zero attached hydrogens (tertiary/aromatic N) is 6. The number of carbonyl (C=O) groups excluding carboxylic acids is 2. The molecule has 5 aromatic rings. The Morgan fingerprint density at radius 2 is 1.74 bits per heavy atom. The van der Waals surface area contributed by atoms with Gasteiger partial charge in [0.05, 0.1) is 41.5 Å². The number of carbonyl (C=O) groups is 2. The molecule has 2 amide bonds. The van der Waals surface area contributed by atoms with Crippen molar-refractivity contribution in [1.29, 1.82) is 0 Å². The molecule has 2 aliphatic heterocycles. The van der Waals surface area contributed by atoms with Crippen LogP contribution in [0.2, 0.25) is 18.6 Å². The summed E-state index contributed by atoms with van der Waals surface area (Å²) in [6.45, 7) is 5.24. The molecular weight excluding hydrogens is 708 g/mol. The number of fused-ring (bicyclic) bond motifs is 2. The van der Waals surface area contributed by atoms with Gasteiger partial charge in [0.15, 0.2) is 5.60 Å². The predicted octanol–water partition coefficient (Wildman–Crippen LogP) is 7.02. The first-order valence-corrected chi connectivity index (χ1v) is 20.8. The van der Waals surface area contributed by atoms with Crippen LogP contribution in [0, 0.1) is 16.0 Å². The number of aliphatic hydroxyl groups excluding tert-OH is 1. The highest BCUT2D eigenvalue weighted by atomic mass is 28.4. The van der Waals surface area contributed by atoms with Gasteiger partial charge >= 0.3 is 0 Å². The van der Waals surface area contributed by atoms with E-state index in [1.54, 1.807) is 47.1 Å². The summed E-state index contributed by atoms with van der Waals surface area (Å²) in [6, 6.07) is 30.2. The third kappa shape index (κ3) is 6.61. The molecule has 54 heavy (non-hydrogen) atoms. The number of nitro groups is 1. The number of hydrogen-bond donors (Lipinski definition) is 1. The van der Waals surface area contributed by atoms with Gasteiger partial charge in [-0.2, -0.15) is 0 Å². The molecule has 1 spiro atoms. The number of nitro benzene ring substituents is 1. The minimum Gasteiger partial charge on any atom is -0.395 e. The monoisotopic (exact) mass is 748 g/mol. The summed E-state index contributed by atoms with van der Waals surface area (Å²) < 4.78 is 24.9. The molecule has 5 atom stereocenters. The Hall–Kier alpha value is -5.57. The third-order valence-corrected chi connectivity index (χ3v) is 13.2. The zero-order valence-electron chi connectivity index (χ0n) is 30.2. The molecule has 7 rings (SSSR count). The van der Waals surface area contributed by atoms with Crippen LogP contribution in [0.4, 0.5) is 26.9 Å². The number of aliphatic hydroxyl groups is 1. The van der Waals surface area contributed by atoms with E-state index < -0.39 is 42.4 Å². The fraction of sp³-hybridized carbons (Fsp3) is 0.300. The van der Waals surface area contributed by atoms with Gasteiger partial charge in [0, 0.05) is 53.3 Å². The zero-order chi connectivity index (χ0) is 38.2. The Bertz CT molecular complexity index is 2170. The minimum absolute atomic E-state index is 0.0811. The molecular formula is C40H41FN6O6Si. The Morgan fingerprint density at radius 3 is 2.41 bits per heavy atom. The van der Waals surface area contributed by atoms with Gasteiger partial charge in [0.1, 0.15) is 0 Å². The van der Waals surface area contributed by atoms with E-state index in [2.05, 4.69) is 10.3 Å². The zero-order valence-corrected chi connectivity index (χ0v) is 31.2. The second kappa shape index (κ2) is 14.7. The molecule has 1 unspecified atom stereocenters. The Balaban J connectivity index is 1.21. The van der Waals surface area contributed by atoms with Crippen LogP contribution in [-0.4, -0.2) is 58.5 Å². The number of aryl methyl sites for hydroxylation is 1. The smallest absolute Gasteiger partial charge is 0.269 e. The van der Waals surface area contributed by atoms with E-state index >= 15 is 4.11 Å². The average Bonchev–Trinajstić information content (AvgIpc) is 3.82. The number of amides is 2. The van der Waals surface area contributed by atoms with E-state index in [1.165, 1.54) is 17.0 Å². The molecule has 4 aromatic carbocycles. The maximum Gasteiger partial charge on any atom is 0.269 e. The average molecular weight is 749 g/mol. The summed E-state index contributed by atoms with van der Waals surface area (Å²) in [5, 5.41) is 30.8. The van der Waals surface area contributed by atoms with E-state index in [0.29, 0.717) is 46.8 Å². The van der Waals surface area contributed by atoms with Crippen molar-refractivity contribution in [3.05, 3.63) is 142 Å². The molecule has 1 fully saturated rings. The fourth-order valence-corrected chi connectivity index (χ4v) is 10.9. The molecule has 12 nitrogen and oxygen atoms in total. The van der Waals surface area contributed by atoms with Crippen molar-refractivity contribution in [3.8, 4) is 0 Å². The van der Waals surface area contributed by atoms with Gasteiger partial charge in [-0.3, -0.25) is 29.3 Å². The molecule has 1 saturated heterocycles. The summed E-state index contributed by atoms with van der Waals surface area (Å²) in [5.74, 6) is -1.45. The normalized spacial score (nSPS) is 21.3. The lowest BCUT2D eigenvalue weighted by atomic mass is 9.82. The van der Waals surface area contributed by atoms with E-state index in [4.69, 9.17) is 4.74 Å². The molecule has 0 saturated carbocycles. The molecule has 278 valence electrons. The van der Waals surface area contributed by atoms with Crippen molar-refractivity contribution in [1.82, 2.24) is 15.0 Å². The van der Waals surface area contributed by atoms with E-state index in [1.807, 2.05) is 79.7 Å². The van der Waals surface area contributed by atoms with Crippen LogP contribution in [0.1, 0.15) is 41.6 Å². The maximum absolute atomic E-state index is 16.5. The largest absolute Gasteiger partial charge is 0.395 e. The number of halogens is 1. The first-order chi connectivity index (χ1) is 26.0. The molecule has 0 bridgehead atoms. The van der Waals surface area contributed by atoms with Crippen molar-refractivity contribution in [2.45, 2.75) is 62.7 Å². The van der Waals surface area contributed by atoms with Crippen LogP contribution in [0.25, 0.3) is 0 Å². The van der Waals surface area contributed by atoms with Crippen molar-refractivity contribution in [3.63, 3.8) is 0 Å². The lowest BCUT2D eigenvalue weighted by Gasteiger charge is -2.31. The van der Waals surface area contributed by atoms with Crippen molar-refractivity contribution in [2.24, 2.45) is 5.92 Å². The maximum atomic E-state index is 16.5. The summed E-state index contributed by atoms with van der Waals surface area (Å²) >= 11 is 0. The van der Waals surface area contributed by atoms with Crippen LogP contribution in [0.3, 0.4) is 0 Å². The second-order valence-electron chi connectivity index (χ2n) is 14.4. The third-order valence-electron chi connectivity index (χ3n) is 10.8. The second-order valence-corrected chi connectivity index (χ2v) is 18.2. The fourth-order valence-electron chi connectivity index (χ4n) is 8.32. The summed E-state index contributed by atoms with van der Waals surface area (Å²) in [7, 11) is -3.53. The van der Waals surface area contributed by atoms with Crippen LogP contribution in [-0.2, 0) is 33.0 Å². The number of ether oxygens (including phenoxy) is 1. The number of benzene rings is 4. The first-order valence-electron chi connectivity index (χ1n) is 17.9. The van der Waals surface area contributed by atoms with E-state index in [0.717, 1.165) is 12.0 Å². The predicted molar refractivity (Wildman–Crippen MR) is 203 cm³/mol. The highest BCUT2D eigenvalue weighted by Gasteiger charge is 2.67.